The van der Waals surface area contributed by atoms with Gasteiger partial charge in [0.25, 0.3) is 5.91 Å². The van der Waals surface area contributed by atoms with Gasteiger partial charge in [0, 0.05) is 18.7 Å². The molecule has 0 radical (unpaired) electrons. The molecule has 0 atom stereocenters. The van der Waals surface area contributed by atoms with Crippen molar-refractivity contribution >= 4 is 11.6 Å². The van der Waals surface area contributed by atoms with Gasteiger partial charge in [-0.3, -0.25) is 4.79 Å². The van der Waals surface area contributed by atoms with Crippen molar-refractivity contribution in [3.8, 4) is 5.75 Å². The molecule has 1 aromatic carbocycles. The van der Waals surface area contributed by atoms with Gasteiger partial charge in [0.1, 0.15) is 5.75 Å². The number of carbonyl (C=O) groups excluding carboxylic acids is 1. The van der Waals surface area contributed by atoms with E-state index >= 15 is 0 Å². The zero-order valence-electron chi connectivity index (χ0n) is 7.66. The van der Waals surface area contributed by atoms with E-state index in [1.165, 1.54) is 12.1 Å². The molecule has 5 heteroatoms. The highest BCUT2D eigenvalue weighted by molar-refractivity contribution is 5.95. The summed E-state index contributed by atoms with van der Waals surface area (Å²) in [6, 6.07) is 4.34. The van der Waals surface area contributed by atoms with Crippen LogP contribution in [0.2, 0.25) is 0 Å². The van der Waals surface area contributed by atoms with E-state index < -0.39 is 0 Å². The van der Waals surface area contributed by atoms with E-state index in [9.17, 15) is 9.90 Å². The van der Waals surface area contributed by atoms with Crippen molar-refractivity contribution in [2.45, 2.75) is 0 Å². The highest BCUT2D eigenvalue weighted by Crippen LogP contribution is 2.20. The van der Waals surface area contributed by atoms with Crippen LogP contribution in [0.4, 0.5) is 5.69 Å². The number of carbonyl (C=O) groups is 1. The van der Waals surface area contributed by atoms with Crippen LogP contribution in [0.3, 0.4) is 0 Å². The largest absolute Gasteiger partial charge is 0.506 e. The maximum absolute atomic E-state index is 11.3. The highest BCUT2D eigenvalue weighted by Gasteiger charge is 2.06. The first-order valence-corrected chi connectivity index (χ1v) is 4.22. The van der Waals surface area contributed by atoms with Crippen LogP contribution >= 0.6 is 0 Å². The van der Waals surface area contributed by atoms with Gasteiger partial charge in [0.05, 0.1) is 5.69 Å². The molecule has 5 nitrogen and oxygen atoms in total. The normalized spacial score (nSPS) is 9.79. The Kier molecular flexibility index (Phi) is 3.30. The zero-order chi connectivity index (χ0) is 10.6. The molecule has 0 aliphatic rings. The minimum absolute atomic E-state index is 0.0922. The maximum atomic E-state index is 11.3. The number of phenols is 1. The molecule has 0 fully saturated rings. The lowest BCUT2D eigenvalue weighted by atomic mass is 10.2. The molecule has 6 N–H and O–H groups in total. The molecular weight excluding hydrogens is 182 g/mol. The Balaban J connectivity index is 2.76. The number of rotatable bonds is 3. The Morgan fingerprint density at radius 3 is 2.79 bits per heavy atom. The van der Waals surface area contributed by atoms with Crippen LogP contribution in [0, 0.1) is 0 Å². The number of hydrogen-bond donors (Lipinski definition) is 4. The fraction of sp³-hybridized carbons (Fsp3) is 0.222. The quantitative estimate of drug-likeness (QED) is 0.391. The first-order chi connectivity index (χ1) is 6.65. The van der Waals surface area contributed by atoms with Crippen LogP contribution in [-0.2, 0) is 0 Å². The van der Waals surface area contributed by atoms with Gasteiger partial charge >= 0.3 is 0 Å². The molecule has 0 saturated carbocycles. The average Bonchev–Trinajstić information content (AvgIpc) is 2.18. The van der Waals surface area contributed by atoms with Crippen molar-refractivity contribution < 1.29 is 9.90 Å². The van der Waals surface area contributed by atoms with Gasteiger partial charge in [0.15, 0.2) is 0 Å². The molecular formula is C9H13N3O2. The summed E-state index contributed by atoms with van der Waals surface area (Å²) in [5.41, 5.74) is 11.2. The van der Waals surface area contributed by atoms with E-state index in [4.69, 9.17) is 11.5 Å². The number of anilines is 1. The first-order valence-electron chi connectivity index (χ1n) is 4.22. The van der Waals surface area contributed by atoms with Gasteiger partial charge < -0.3 is 21.9 Å². The fourth-order valence-corrected chi connectivity index (χ4v) is 0.973. The number of amides is 1. The molecule has 1 aromatic rings. The fourth-order valence-electron chi connectivity index (χ4n) is 0.973. The molecule has 0 bridgehead atoms. The third-order valence-corrected chi connectivity index (χ3v) is 1.72. The summed E-state index contributed by atoms with van der Waals surface area (Å²) in [6.45, 7) is 0.788. The Morgan fingerprint density at radius 2 is 2.21 bits per heavy atom. The van der Waals surface area contributed by atoms with E-state index in [0.717, 1.165) is 0 Å². The van der Waals surface area contributed by atoms with Gasteiger partial charge in [0.2, 0.25) is 0 Å². The van der Waals surface area contributed by atoms with Gasteiger partial charge in [-0.05, 0) is 18.2 Å². The Hall–Kier alpha value is -1.75. The number of phenolic OH excluding ortho intramolecular Hbond substituents is 1. The maximum Gasteiger partial charge on any atom is 0.251 e. The molecule has 76 valence electrons. The predicted octanol–water partition coefficient (Wildman–Crippen LogP) is -0.337. The summed E-state index contributed by atoms with van der Waals surface area (Å²) in [7, 11) is 0. The molecule has 0 heterocycles. The van der Waals surface area contributed by atoms with Gasteiger partial charge in [-0.1, -0.05) is 0 Å². The number of hydrogen-bond acceptors (Lipinski definition) is 4. The number of nitrogens with one attached hydrogen (secondary N) is 1. The Morgan fingerprint density at radius 1 is 1.50 bits per heavy atom. The van der Waals surface area contributed by atoms with Crippen LogP contribution in [0.1, 0.15) is 10.4 Å². The van der Waals surface area contributed by atoms with Crippen molar-refractivity contribution in [3.63, 3.8) is 0 Å². The first kappa shape index (κ1) is 10.3. The Bertz CT molecular complexity index is 339. The molecule has 1 amide bonds. The van der Waals surface area contributed by atoms with Crippen molar-refractivity contribution in [2.24, 2.45) is 5.73 Å². The van der Waals surface area contributed by atoms with Crippen LogP contribution in [0.5, 0.6) is 5.75 Å². The van der Waals surface area contributed by atoms with Crippen molar-refractivity contribution in [3.05, 3.63) is 23.8 Å². The Labute approximate surface area is 81.7 Å². The highest BCUT2D eigenvalue weighted by atomic mass is 16.3. The summed E-state index contributed by atoms with van der Waals surface area (Å²) in [4.78, 5) is 11.3. The third-order valence-electron chi connectivity index (χ3n) is 1.72. The number of nitrogen functional groups attached to an aromatic ring is 1. The lowest BCUT2D eigenvalue weighted by Crippen LogP contribution is -2.28. The van der Waals surface area contributed by atoms with E-state index in [-0.39, 0.29) is 17.3 Å². The van der Waals surface area contributed by atoms with Crippen LogP contribution in [0.15, 0.2) is 18.2 Å². The van der Waals surface area contributed by atoms with Crippen LogP contribution in [-0.4, -0.2) is 24.1 Å². The number of benzene rings is 1. The van der Waals surface area contributed by atoms with Crippen LogP contribution < -0.4 is 16.8 Å². The standard InChI is InChI=1S/C9H13N3O2/c10-3-4-12-9(14)6-1-2-7(11)8(13)5-6/h1-2,5,13H,3-4,10-11H2,(H,12,14). The predicted molar refractivity (Wildman–Crippen MR) is 53.9 cm³/mol. The van der Waals surface area contributed by atoms with Crippen molar-refractivity contribution in [1.82, 2.24) is 5.32 Å². The molecule has 0 aliphatic carbocycles. The van der Waals surface area contributed by atoms with Crippen LogP contribution in [0.25, 0.3) is 0 Å². The number of nitrogens with two attached hydrogens (primary N) is 2. The molecule has 0 unspecified atom stereocenters. The van der Waals surface area contributed by atoms with Crippen molar-refractivity contribution in [1.29, 1.82) is 0 Å². The smallest absolute Gasteiger partial charge is 0.251 e. The molecule has 0 aliphatic heterocycles. The summed E-state index contributed by atoms with van der Waals surface area (Å²) in [5.74, 6) is -0.365. The van der Waals surface area contributed by atoms with E-state index in [2.05, 4.69) is 5.32 Å². The zero-order valence-corrected chi connectivity index (χ0v) is 7.66. The molecule has 1 rings (SSSR count). The molecule has 0 aromatic heterocycles. The van der Waals surface area contributed by atoms with E-state index in [1.54, 1.807) is 6.07 Å². The number of aromatic hydroxyl groups is 1. The van der Waals surface area contributed by atoms with E-state index in [0.29, 0.717) is 18.7 Å². The average molecular weight is 195 g/mol. The summed E-state index contributed by atoms with van der Waals surface area (Å²) in [5, 5.41) is 11.8. The monoisotopic (exact) mass is 195 g/mol. The van der Waals surface area contributed by atoms with Gasteiger partial charge in [-0.2, -0.15) is 0 Å². The third kappa shape index (κ3) is 2.37. The second-order valence-corrected chi connectivity index (χ2v) is 2.82. The SMILES string of the molecule is NCCNC(=O)c1ccc(N)c(O)c1. The summed E-state index contributed by atoms with van der Waals surface area (Å²) < 4.78 is 0. The van der Waals surface area contributed by atoms with Gasteiger partial charge in [-0.25, -0.2) is 0 Å². The molecule has 14 heavy (non-hydrogen) atoms. The molecule has 0 saturated heterocycles. The van der Waals surface area contributed by atoms with Crippen molar-refractivity contribution in [2.75, 3.05) is 18.8 Å². The molecule has 0 spiro atoms. The second-order valence-electron chi connectivity index (χ2n) is 2.82. The summed E-state index contributed by atoms with van der Waals surface area (Å²) in [6.07, 6.45) is 0. The minimum Gasteiger partial charge on any atom is -0.506 e. The summed E-state index contributed by atoms with van der Waals surface area (Å²) >= 11 is 0. The topological polar surface area (TPSA) is 101 Å². The van der Waals surface area contributed by atoms with E-state index in [1.807, 2.05) is 0 Å². The van der Waals surface area contributed by atoms with Gasteiger partial charge in [-0.15, -0.1) is 0 Å². The second kappa shape index (κ2) is 4.48. The minimum atomic E-state index is -0.272. The lowest BCUT2D eigenvalue weighted by molar-refractivity contribution is 0.0954. The lowest BCUT2D eigenvalue weighted by Gasteiger charge is -2.04.